The lowest BCUT2D eigenvalue weighted by molar-refractivity contribution is -0.137. The number of anilines is 2. The highest BCUT2D eigenvalue weighted by atomic mass is 19.4. The Morgan fingerprint density at radius 3 is 2.28 bits per heavy atom. The maximum atomic E-state index is 13.1. The molecule has 0 saturated heterocycles. The zero-order valence-corrected chi connectivity index (χ0v) is 16.2. The van der Waals surface area contributed by atoms with Crippen LogP contribution in [0.15, 0.2) is 79.6 Å². The third-order valence-electron chi connectivity index (χ3n) is 4.24. The van der Waals surface area contributed by atoms with Crippen LogP contribution in [-0.4, -0.2) is 25.8 Å². The van der Waals surface area contributed by atoms with Crippen LogP contribution in [0, 0.1) is 0 Å². The minimum Gasteiger partial charge on any atom is -0.457 e. The number of ether oxygens (including phenoxy) is 1. The maximum absolute atomic E-state index is 13.1. The highest BCUT2D eigenvalue weighted by Crippen LogP contribution is 2.33. The molecule has 0 aliphatic heterocycles. The van der Waals surface area contributed by atoms with Gasteiger partial charge in [-0.15, -0.1) is 0 Å². The Morgan fingerprint density at radius 2 is 1.62 bits per heavy atom. The molecule has 0 atom stereocenters. The van der Waals surface area contributed by atoms with Gasteiger partial charge in [-0.05, 0) is 54.6 Å². The molecule has 2 aromatic carbocycles. The molecule has 0 bridgehead atoms. The molecule has 0 aliphatic carbocycles. The third kappa shape index (κ3) is 5.01. The number of benzene rings is 2. The molecule has 0 saturated carbocycles. The highest BCUT2D eigenvalue weighted by Gasteiger charge is 2.31. The third-order valence-corrected chi connectivity index (χ3v) is 4.24. The molecule has 4 rings (SSSR count). The lowest BCUT2D eigenvalue weighted by Gasteiger charge is -2.15. The number of hydrogen-bond donors (Lipinski definition) is 2. The zero-order valence-electron chi connectivity index (χ0n) is 16.2. The number of carbonyl (C=O) groups is 1. The van der Waals surface area contributed by atoms with Gasteiger partial charge in [-0.2, -0.15) is 18.3 Å². The number of amides is 2. The first-order chi connectivity index (χ1) is 15.4. The van der Waals surface area contributed by atoms with E-state index in [1.165, 1.54) is 23.4 Å². The number of urea groups is 1. The van der Waals surface area contributed by atoms with Gasteiger partial charge in [0, 0.05) is 18.1 Å². The molecule has 11 heteroatoms. The Morgan fingerprint density at radius 1 is 0.906 bits per heavy atom. The molecule has 2 heterocycles. The highest BCUT2D eigenvalue weighted by molar-refractivity contribution is 6.01. The van der Waals surface area contributed by atoms with Crippen molar-refractivity contribution >= 4 is 17.4 Å². The van der Waals surface area contributed by atoms with E-state index in [2.05, 4.69) is 25.7 Å². The lowest BCUT2D eigenvalue weighted by atomic mass is 10.1. The summed E-state index contributed by atoms with van der Waals surface area (Å²) >= 11 is 0. The Hall–Kier alpha value is -4.41. The quantitative estimate of drug-likeness (QED) is 0.449. The van der Waals surface area contributed by atoms with Crippen molar-refractivity contribution in [2.45, 2.75) is 6.18 Å². The lowest BCUT2D eigenvalue weighted by Crippen LogP contribution is -2.21. The molecule has 2 aromatic heterocycles. The summed E-state index contributed by atoms with van der Waals surface area (Å²) in [6, 6.07) is 12.1. The fourth-order valence-corrected chi connectivity index (χ4v) is 2.78. The normalized spacial score (nSPS) is 11.1. The van der Waals surface area contributed by atoms with Crippen LogP contribution >= 0.6 is 0 Å². The molecule has 2 amide bonds. The largest absolute Gasteiger partial charge is 0.457 e. The van der Waals surface area contributed by atoms with Crippen molar-refractivity contribution in [2.75, 3.05) is 10.6 Å². The predicted molar refractivity (Wildman–Crippen MR) is 110 cm³/mol. The second-order valence-corrected chi connectivity index (χ2v) is 6.46. The minimum absolute atomic E-state index is 0.0829. The van der Waals surface area contributed by atoms with E-state index in [9.17, 15) is 18.0 Å². The minimum atomic E-state index is -4.57. The number of carbonyl (C=O) groups excluding carboxylic acids is 1. The monoisotopic (exact) mass is 440 g/mol. The van der Waals surface area contributed by atoms with E-state index in [1.807, 2.05) is 0 Å². The fraction of sp³-hybridized carbons (Fsp3) is 0.0476. The molecule has 162 valence electrons. The summed E-state index contributed by atoms with van der Waals surface area (Å²) in [5, 5.41) is 8.92. The summed E-state index contributed by atoms with van der Waals surface area (Å²) in [5.74, 6) is 1.14. The standard InChI is InChI=1S/C21H15F3N6O2/c22-21(23,24)14-1-6-19(30-13-26-12-27-30)18(11-14)29-20(31)28-15-2-4-16(5-3-15)32-17-7-9-25-10-8-17/h1-13H,(H2,28,29,31). The van der Waals surface area contributed by atoms with Crippen LogP contribution in [-0.2, 0) is 6.18 Å². The molecule has 2 N–H and O–H groups in total. The van der Waals surface area contributed by atoms with Crippen LogP contribution in [0.25, 0.3) is 5.69 Å². The van der Waals surface area contributed by atoms with Crippen molar-refractivity contribution in [3.63, 3.8) is 0 Å². The van der Waals surface area contributed by atoms with Gasteiger partial charge in [0.05, 0.1) is 16.9 Å². The first-order valence-corrected chi connectivity index (χ1v) is 9.21. The topological polar surface area (TPSA) is 94.0 Å². The number of aromatic nitrogens is 4. The number of nitrogens with zero attached hydrogens (tertiary/aromatic N) is 4. The van der Waals surface area contributed by atoms with Gasteiger partial charge in [0.1, 0.15) is 24.2 Å². The van der Waals surface area contributed by atoms with E-state index in [-0.39, 0.29) is 11.4 Å². The van der Waals surface area contributed by atoms with Crippen molar-refractivity contribution in [1.82, 2.24) is 19.7 Å². The van der Waals surface area contributed by atoms with Crippen LogP contribution in [0.2, 0.25) is 0 Å². The average Bonchev–Trinajstić information content (AvgIpc) is 3.30. The van der Waals surface area contributed by atoms with E-state index >= 15 is 0 Å². The van der Waals surface area contributed by atoms with Gasteiger partial charge >= 0.3 is 12.2 Å². The van der Waals surface area contributed by atoms with Crippen LogP contribution in [0.5, 0.6) is 11.5 Å². The Labute approximate surface area is 179 Å². The number of hydrogen-bond acceptors (Lipinski definition) is 5. The molecular formula is C21H15F3N6O2. The van der Waals surface area contributed by atoms with Gasteiger partial charge in [0.25, 0.3) is 0 Å². The number of alkyl halides is 3. The summed E-state index contributed by atoms with van der Waals surface area (Å²) in [4.78, 5) is 20.1. The second kappa shape index (κ2) is 8.76. The molecule has 0 spiro atoms. The maximum Gasteiger partial charge on any atom is 0.416 e. The summed E-state index contributed by atoms with van der Waals surface area (Å²) in [6.45, 7) is 0. The van der Waals surface area contributed by atoms with Crippen LogP contribution in [0.4, 0.5) is 29.3 Å². The van der Waals surface area contributed by atoms with Gasteiger partial charge < -0.3 is 15.4 Å². The van der Waals surface area contributed by atoms with Gasteiger partial charge in [-0.1, -0.05) is 0 Å². The van der Waals surface area contributed by atoms with Crippen LogP contribution in [0.3, 0.4) is 0 Å². The number of rotatable bonds is 5. The zero-order chi connectivity index (χ0) is 22.6. The van der Waals surface area contributed by atoms with E-state index in [1.54, 1.807) is 48.8 Å². The van der Waals surface area contributed by atoms with E-state index in [0.29, 0.717) is 17.2 Å². The van der Waals surface area contributed by atoms with E-state index in [4.69, 9.17) is 4.74 Å². The predicted octanol–water partition coefficient (Wildman–Crippen LogP) is 5.12. The summed E-state index contributed by atoms with van der Waals surface area (Å²) < 4.78 is 46.3. The molecule has 8 nitrogen and oxygen atoms in total. The van der Waals surface area contributed by atoms with Crippen LogP contribution in [0.1, 0.15) is 5.56 Å². The first kappa shape index (κ1) is 20.8. The number of nitrogens with one attached hydrogen (secondary N) is 2. The molecule has 0 radical (unpaired) electrons. The molecule has 0 unspecified atom stereocenters. The SMILES string of the molecule is O=C(Nc1ccc(Oc2ccncc2)cc1)Nc1cc(C(F)(F)F)ccc1-n1cncn1. The molecule has 4 aromatic rings. The molecule has 32 heavy (non-hydrogen) atoms. The van der Waals surface area contributed by atoms with Crippen molar-refractivity contribution < 1.29 is 22.7 Å². The van der Waals surface area contributed by atoms with E-state index in [0.717, 1.165) is 12.1 Å². The van der Waals surface area contributed by atoms with Gasteiger partial charge in [-0.25, -0.2) is 14.5 Å². The van der Waals surface area contributed by atoms with Crippen molar-refractivity contribution in [3.8, 4) is 17.2 Å². The average molecular weight is 440 g/mol. The van der Waals surface area contributed by atoms with Crippen molar-refractivity contribution in [3.05, 3.63) is 85.2 Å². The van der Waals surface area contributed by atoms with Crippen molar-refractivity contribution in [2.24, 2.45) is 0 Å². The number of pyridine rings is 1. The Kier molecular flexibility index (Phi) is 5.71. The first-order valence-electron chi connectivity index (χ1n) is 9.21. The molecule has 0 aliphatic rings. The summed E-state index contributed by atoms with van der Waals surface area (Å²) in [6.07, 6.45) is 1.16. The van der Waals surface area contributed by atoms with Gasteiger partial charge in [0.15, 0.2) is 0 Å². The summed E-state index contributed by atoms with van der Waals surface area (Å²) in [7, 11) is 0. The van der Waals surface area contributed by atoms with Crippen molar-refractivity contribution in [1.29, 1.82) is 0 Å². The Balaban J connectivity index is 1.49. The fourth-order valence-electron chi connectivity index (χ4n) is 2.78. The van der Waals surface area contributed by atoms with Gasteiger partial charge in [0.2, 0.25) is 0 Å². The number of halogens is 3. The van der Waals surface area contributed by atoms with Crippen LogP contribution < -0.4 is 15.4 Å². The summed E-state index contributed by atoms with van der Waals surface area (Å²) in [5.41, 5.74) is -0.347. The van der Waals surface area contributed by atoms with Gasteiger partial charge in [-0.3, -0.25) is 4.98 Å². The second-order valence-electron chi connectivity index (χ2n) is 6.46. The Bertz CT molecular complexity index is 1200. The van der Waals surface area contributed by atoms with E-state index < -0.39 is 17.8 Å². The molecular weight excluding hydrogens is 425 g/mol. The smallest absolute Gasteiger partial charge is 0.416 e. The molecule has 0 fully saturated rings.